The molecule has 0 saturated heterocycles. The molecular formula is C14H20ClNO. The molecule has 0 radical (unpaired) electrons. The van der Waals surface area contributed by atoms with Crippen LogP contribution < -0.4 is 5.32 Å². The predicted molar refractivity (Wildman–Crippen MR) is 72.1 cm³/mol. The van der Waals surface area contributed by atoms with E-state index >= 15 is 0 Å². The number of carbonyl (C=O) groups excluding carboxylic acids is 1. The first-order valence-corrected chi connectivity index (χ1v) is 6.44. The molecule has 3 heteroatoms. The zero-order valence-electron chi connectivity index (χ0n) is 10.7. The van der Waals surface area contributed by atoms with E-state index in [1.54, 1.807) is 0 Å². The van der Waals surface area contributed by atoms with Crippen LogP contribution in [0.2, 0.25) is 0 Å². The van der Waals surface area contributed by atoms with Gasteiger partial charge in [0.25, 0.3) is 0 Å². The molecule has 1 unspecified atom stereocenters. The van der Waals surface area contributed by atoms with E-state index in [9.17, 15) is 4.79 Å². The van der Waals surface area contributed by atoms with E-state index in [-0.39, 0.29) is 5.91 Å². The minimum Gasteiger partial charge on any atom is -0.346 e. The Morgan fingerprint density at radius 2 is 1.94 bits per heavy atom. The van der Waals surface area contributed by atoms with E-state index in [0.29, 0.717) is 18.2 Å². The van der Waals surface area contributed by atoms with Crippen LogP contribution in [-0.4, -0.2) is 11.8 Å². The molecule has 1 rings (SSSR count). The number of alkyl halides is 1. The van der Waals surface area contributed by atoms with E-state index in [1.165, 1.54) is 0 Å². The van der Waals surface area contributed by atoms with Crippen LogP contribution in [0.15, 0.2) is 30.3 Å². The lowest BCUT2D eigenvalue weighted by Gasteiger charge is -2.29. The third kappa shape index (κ3) is 4.04. The number of halogens is 1. The van der Waals surface area contributed by atoms with Gasteiger partial charge in [-0.2, -0.15) is 0 Å². The lowest BCUT2D eigenvalue weighted by molar-refractivity contribution is -0.123. The minimum atomic E-state index is -0.491. The van der Waals surface area contributed by atoms with Crippen molar-refractivity contribution in [2.45, 2.75) is 32.7 Å². The van der Waals surface area contributed by atoms with Crippen LogP contribution in [0.3, 0.4) is 0 Å². The van der Waals surface area contributed by atoms with Gasteiger partial charge in [-0.15, -0.1) is 11.6 Å². The quantitative estimate of drug-likeness (QED) is 0.802. The maximum atomic E-state index is 11.8. The maximum Gasteiger partial charge on any atom is 0.220 e. The van der Waals surface area contributed by atoms with E-state index in [0.717, 1.165) is 5.56 Å². The summed E-state index contributed by atoms with van der Waals surface area (Å²) in [6, 6.07) is 9.83. The Labute approximate surface area is 108 Å². The van der Waals surface area contributed by atoms with E-state index in [2.05, 4.69) is 5.32 Å². The number of rotatable bonds is 5. The highest BCUT2D eigenvalue weighted by Gasteiger charge is 2.27. The van der Waals surface area contributed by atoms with Gasteiger partial charge in [-0.05, 0) is 18.4 Å². The largest absolute Gasteiger partial charge is 0.346 e. The number of carbonyl (C=O) groups is 1. The van der Waals surface area contributed by atoms with Crippen LogP contribution in [0.1, 0.15) is 32.8 Å². The highest BCUT2D eigenvalue weighted by atomic mass is 35.5. The van der Waals surface area contributed by atoms with Crippen molar-refractivity contribution in [3.63, 3.8) is 0 Å². The molecule has 1 N–H and O–H groups in total. The molecule has 0 aliphatic rings. The summed E-state index contributed by atoms with van der Waals surface area (Å²) in [6.45, 7) is 6.01. The summed E-state index contributed by atoms with van der Waals surface area (Å²) in [7, 11) is 0. The maximum absolute atomic E-state index is 11.8. The molecular weight excluding hydrogens is 234 g/mol. The smallest absolute Gasteiger partial charge is 0.220 e. The molecule has 0 aliphatic heterocycles. The van der Waals surface area contributed by atoms with Crippen LogP contribution in [0.25, 0.3) is 0 Å². The van der Waals surface area contributed by atoms with Crippen LogP contribution in [0, 0.1) is 5.92 Å². The molecule has 1 atom stereocenters. The Balaban J connectivity index is 2.79. The van der Waals surface area contributed by atoms with Crippen molar-refractivity contribution in [2.24, 2.45) is 5.92 Å². The Hall–Kier alpha value is -1.02. The standard InChI is InChI=1S/C14H20ClNO/c1-11(2)9-13(17)16-14(3,10-15)12-7-5-4-6-8-12/h4-8,11H,9-10H2,1-3H3,(H,16,17). The molecule has 0 aromatic heterocycles. The lowest BCUT2D eigenvalue weighted by atomic mass is 9.93. The average Bonchev–Trinajstić information content (AvgIpc) is 2.29. The predicted octanol–water partition coefficient (Wildman–Crippen LogP) is 3.30. The summed E-state index contributed by atoms with van der Waals surface area (Å²) in [5, 5.41) is 3.02. The Bertz CT molecular complexity index is 364. The fourth-order valence-electron chi connectivity index (χ4n) is 1.72. The molecule has 1 aromatic rings. The van der Waals surface area contributed by atoms with Crippen molar-refractivity contribution in [1.29, 1.82) is 0 Å². The fraction of sp³-hybridized carbons (Fsp3) is 0.500. The molecule has 1 amide bonds. The second-order valence-corrected chi connectivity index (χ2v) is 5.25. The van der Waals surface area contributed by atoms with Gasteiger partial charge in [0, 0.05) is 12.3 Å². The third-order valence-corrected chi connectivity index (χ3v) is 3.22. The molecule has 17 heavy (non-hydrogen) atoms. The first kappa shape index (κ1) is 14.0. The Morgan fingerprint density at radius 1 is 1.35 bits per heavy atom. The SMILES string of the molecule is CC(C)CC(=O)NC(C)(CCl)c1ccccc1. The molecule has 0 aliphatic carbocycles. The van der Waals surface area contributed by atoms with Gasteiger partial charge in [-0.3, -0.25) is 4.79 Å². The fourth-order valence-corrected chi connectivity index (χ4v) is 1.94. The normalized spacial score (nSPS) is 14.4. The summed E-state index contributed by atoms with van der Waals surface area (Å²) < 4.78 is 0. The van der Waals surface area contributed by atoms with Crippen LogP contribution in [0.5, 0.6) is 0 Å². The molecule has 0 heterocycles. The monoisotopic (exact) mass is 253 g/mol. The molecule has 0 bridgehead atoms. The van der Waals surface area contributed by atoms with Gasteiger partial charge in [0.15, 0.2) is 0 Å². The zero-order valence-corrected chi connectivity index (χ0v) is 11.4. The van der Waals surface area contributed by atoms with Gasteiger partial charge in [-0.1, -0.05) is 44.2 Å². The summed E-state index contributed by atoms with van der Waals surface area (Å²) >= 11 is 6.01. The zero-order chi connectivity index (χ0) is 12.9. The van der Waals surface area contributed by atoms with Gasteiger partial charge in [-0.25, -0.2) is 0 Å². The highest BCUT2D eigenvalue weighted by Crippen LogP contribution is 2.22. The number of hydrogen-bond acceptors (Lipinski definition) is 1. The number of hydrogen-bond donors (Lipinski definition) is 1. The van der Waals surface area contributed by atoms with Crippen molar-refractivity contribution < 1.29 is 4.79 Å². The van der Waals surface area contributed by atoms with Crippen LogP contribution >= 0.6 is 11.6 Å². The van der Waals surface area contributed by atoms with Crippen molar-refractivity contribution in [2.75, 3.05) is 5.88 Å². The summed E-state index contributed by atoms with van der Waals surface area (Å²) in [5.41, 5.74) is 0.543. The number of benzene rings is 1. The molecule has 0 spiro atoms. The lowest BCUT2D eigenvalue weighted by Crippen LogP contribution is -2.45. The molecule has 0 fully saturated rings. The second-order valence-electron chi connectivity index (χ2n) is 4.98. The van der Waals surface area contributed by atoms with E-state index in [1.807, 2.05) is 51.1 Å². The van der Waals surface area contributed by atoms with Gasteiger partial charge in [0.05, 0.1) is 5.54 Å². The Kier molecular flexibility index (Phi) is 5.01. The molecule has 1 aromatic carbocycles. The van der Waals surface area contributed by atoms with Crippen molar-refractivity contribution >= 4 is 17.5 Å². The first-order chi connectivity index (χ1) is 7.98. The van der Waals surface area contributed by atoms with Crippen molar-refractivity contribution in [1.82, 2.24) is 5.32 Å². The van der Waals surface area contributed by atoms with Gasteiger partial charge in [0.2, 0.25) is 5.91 Å². The molecule has 2 nitrogen and oxygen atoms in total. The Morgan fingerprint density at radius 3 is 2.41 bits per heavy atom. The number of nitrogens with one attached hydrogen (secondary N) is 1. The van der Waals surface area contributed by atoms with Gasteiger partial charge in [0.1, 0.15) is 0 Å². The average molecular weight is 254 g/mol. The second kappa shape index (κ2) is 6.06. The van der Waals surface area contributed by atoms with Crippen molar-refractivity contribution in [3.8, 4) is 0 Å². The topological polar surface area (TPSA) is 29.1 Å². The summed E-state index contributed by atoms with van der Waals surface area (Å²) in [4.78, 5) is 11.8. The van der Waals surface area contributed by atoms with Crippen molar-refractivity contribution in [3.05, 3.63) is 35.9 Å². The first-order valence-electron chi connectivity index (χ1n) is 5.90. The van der Waals surface area contributed by atoms with E-state index in [4.69, 9.17) is 11.6 Å². The van der Waals surface area contributed by atoms with Gasteiger partial charge < -0.3 is 5.32 Å². The summed E-state index contributed by atoms with van der Waals surface area (Å²) in [5.74, 6) is 0.762. The highest BCUT2D eigenvalue weighted by molar-refractivity contribution is 6.18. The van der Waals surface area contributed by atoms with Gasteiger partial charge >= 0.3 is 0 Å². The van der Waals surface area contributed by atoms with E-state index < -0.39 is 5.54 Å². The molecule has 0 saturated carbocycles. The minimum absolute atomic E-state index is 0.0482. The third-order valence-electron chi connectivity index (χ3n) is 2.69. The molecule has 94 valence electrons. The van der Waals surface area contributed by atoms with Crippen LogP contribution in [-0.2, 0) is 10.3 Å². The van der Waals surface area contributed by atoms with Crippen LogP contribution in [0.4, 0.5) is 0 Å². The number of amides is 1. The summed E-state index contributed by atoms with van der Waals surface area (Å²) in [6.07, 6.45) is 0.527.